The van der Waals surface area contributed by atoms with Crippen molar-refractivity contribution < 1.29 is 26.9 Å². The maximum atomic E-state index is 13.8. The van der Waals surface area contributed by atoms with Crippen molar-refractivity contribution in [3.8, 4) is 0 Å². The van der Waals surface area contributed by atoms with Crippen LogP contribution in [0.3, 0.4) is 0 Å². The van der Waals surface area contributed by atoms with E-state index in [4.69, 9.17) is 0 Å². The summed E-state index contributed by atoms with van der Waals surface area (Å²) in [6.07, 6.45) is 0. The molecule has 1 aromatic rings. The summed E-state index contributed by atoms with van der Waals surface area (Å²) in [6, 6.07) is 0.580. The minimum absolute atomic E-state index is 0.290. The lowest BCUT2D eigenvalue weighted by atomic mass is 10.1. The predicted molar refractivity (Wildman–Crippen MR) is 76.1 cm³/mol. The highest BCUT2D eigenvalue weighted by Gasteiger charge is 2.37. The smallest absolute Gasteiger partial charge is 0.275 e. The number of carbonyl (C=O) groups is 1. The number of nitro groups is 1. The molecule has 1 aromatic carbocycles. The van der Waals surface area contributed by atoms with Gasteiger partial charge in [-0.1, -0.05) is 0 Å². The van der Waals surface area contributed by atoms with Gasteiger partial charge in [-0.2, -0.15) is 4.72 Å². The van der Waals surface area contributed by atoms with E-state index in [1.54, 1.807) is 0 Å². The van der Waals surface area contributed by atoms with Crippen LogP contribution in [0.5, 0.6) is 0 Å². The standard InChI is InChI=1S/C12H15F2N3O5S/c1-12(2,11(18)16(3)4)15-23(21,22)10-8(13)5-7(17(19)20)6-9(10)14/h5-6,15H,1-4H3. The van der Waals surface area contributed by atoms with Gasteiger partial charge in [0.2, 0.25) is 15.9 Å². The number of sulfonamides is 1. The van der Waals surface area contributed by atoms with Crippen LogP contribution in [0.2, 0.25) is 0 Å². The molecule has 0 aliphatic carbocycles. The number of likely N-dealkylation sites (N-methyl/N-ethyl adjacent to an activating group) is 1. The van der Waals surface area contributed by atoms with Crippen LogP contribution in [0.15, 0.2) is 17.0 Å². The number of non-ortho nitro benzene ring substituents is 1. The Balaban J connectivity index is 3.35. The molecule has 1 rings (SSSR count). The zero-order valence-electron chi connectivity index (χ0n) is 12.8. The molecule has 0 radical (unpaired) electrons. The maximum Gasteiger partial charge on any atom is 0.275 e. The zero-order chi connectivity index (χ0) is 18.2. The lowest BCUT2D eigenvalue weighted by Gasteiger charge is -2.27. The van der Waals surface area contributed by atoms with Gasteiger partial charge in [-0.15, -0.1) is 0 Å². The molecule has 0 saturated carbocycles. The number of carbonyl (C=O) groups excluding carboxylic acids is 1. The second-order valence-corrected chi connectivity index (χ2v) is 7.04. The van der Waals surface area contributed by atoms with Gasteiger partial charge >= 0.3 is 0 Å². The van der Waals surface area contributed by atoms with Crippen molar-refractivity contribution in [3.05, 3.63) is 33.9 Å². The second kappa shape index (κ2) is 6.16. The third-order valence-corrected chi connectivity index (χ3v) is 4.50. The summed E-state index contributed by atoms with van der Waals surface area (Å²) in [6.45, 7) is 2.43. The van der Waals surface area contributed by atoms with Gasteiger partial charge in [0.1, 0.15) is 5.54 Å². The van der Waals surface area contributed by atoms with Crippen molar-refractivity contribution in [1.82, 2.24) is 9.62 Å². The van der Waals surface area contributed by atoms with Gasteiger partial charge in [0, 0.05) is 14.1 Å². The Kier molecular flexibility index (Phi) is 5.07. The first-order valence-electron chi connectivity index (χ1n) is 6.19. The first kappa shape index (κ1) is 18.9. The number of amides is 1. The molecule has 0 saturated heterocycles. The fourth-order valence-corrected chi connectivity index (χ4v) is 3.39. The van der Waals surface area contributed by atoms with E-state index in [-0.39, 0.29) is 0 Å². The normalized spacial score (nSPS) is 12.1. The highest BCUT2D eigenvalue weighted by Crippen LogP contribution is 2.25. The van der Waals surface area contributed by atoms with E-state index < -0.39 is 48.6 Å². The Bertz CT molecular complexity index is 739. The summed E-state index contributed by atoms with van der Waals surface area (Å²) < 4.78 is 53.9. The van der Waals surface area contributed by atoms with Crippen LogP contribution in [-0.2, 0) is 14.8 Å². The van der Waals surface area contributed by atoms with Crippen LogP contribution in [-0.4, -0.2) is 43.8 Å². The minimum Gasteiger partial charge on any atom is -0.347 e. The molecule has 1 N–H and O–H groups in total. The number of hydrogen-bond acceptors (Lipinski definition) is 5. The molecule has 23 heavy (non-hydrogen) atoms. The average molecular weight is 351 g/mol. The van der Waals surface area contributed by atoms with Gasteiger partial charge in [0.15, 0.2) is 16.5 Å². The lowest BCUT2D eigenvalue weighted by molar-refractivity contribution is -0.385. The summed E-state index contributed by atoms with van der Waals surface area (Å²) in [5.74, 6) is -3.90. The van der Waals surface area contributed by atoms with E-state index in [1.165, 1.54) is 27.9 Å². The summed E-state index contributed by atoms with van der Waals surface area (Å²) >= 11 is 0. The Labute approximate surface area is 131 Å². The molecule has 0 heterocycles. The second-order valence-electron chi connectivity index (χ2n) is 5.43. The Morgan fingerprint density at radius 2 is 1.70 bits per heavy atom. The van der Waals surface area contributed by atoms with Crippen molar-refractivity contribution in [1.29, 1.82) is 0 Å². The molecule has 0 atom stereocenters. The summed E-state index contributed by atoms with van der Waals surface area (Å²) in [5.41, 5.74) is -2.61. The van der Waals surface area contributed by atoms with Crippen LogP contribution < -0.4 is 4.72 Å². The van der Waals surface area contributed by atoms with Crippen molar-refractivity contribution in [2.75, 3.05) is 14.1 Å². The van der Waals surface area contributed by atoms with E-state index in [1.807, 2.05) is 4.72 Å². The average Bonchev–Trinajstić information content (AvgIpc) is 2.34. The van der Waals surface area contributed by atoms with E-state index in [9.17, 15) is 32.1 Å². The molecule has 0 spiro atoms. The molecule has 1 amide bonds. The number of rotatable bonds is 5. The van der Waals surface area contributed by atoms with Gasteiger partial charge < -0.3 is 4.90 Å². The van der Waals surface area contributed by atoms with Gasteiger partial charge in [-0.05, 0) is 13.8 Å². The third-order valence-electron chi connectivity index (χ3n) is 2.79. The molecule has 0 aliphatic heterocycles. The van der Waals surface area contributed by atoms with Crippen LogP contribution in [0, 0.1) is 21.7 Å². The summed E-state index contributed by atoms with van der Waals surface area (Å²) in [4.78, 5) is 21.1. The minimum atomic E-state index is -4.77. The van der Waals surface area contributed by atoms with Crippen LogP contribution in [0.1, 0.15) is 13.8 Å². The molecule has 11 heteroatoms. The fraction of sp³-hybridized carbons (Fsp3) is 0.417. The van der Waals surface area contributed by atoms with Crippen LogP contribution in [0.25, 0.3) is 0 Å². The fourth-order valence-electron chi connectivity index (χ4n) is 1.90. The largest absolute Gasteiger partial charge is 0.347 e. The molecule has 8 nitrogen and oxygen atoms in total. The maximum absolute atomic E-state index is 13.8. The number of hydrogen-bond donors (Lipinski definition) is 1. The number of nitro benzene ring substituents is 1. The molecule has 0 aliphatic rings. The first-order valence-corrected chi connectivity index (χ1v) is 7.67. The topological polar surface area (TPSA) is 110 Å². The van der Waals surface area contributed by atoms with Crippen molar-refractivity contribution in [3.63, 3.8) is 0 Å². The van der Waals surface area contributed by atoms with Crippen molar-refractivity contribution in [2.45, 2.75) is 24.3 Å². The molecule has 0 unspecified atom stereocenters. The van der Waals surface area contributed by atoms with E-state index in [2.05, 4.69) is 0 Å². The summed E-state index contributed by atoms with van der Waals surface area (Å²) in [5, 5.41) is 10.5. The monoisotopic (exact) mass is 351 g/mol. The van der Waals surface area contributed by atoms with Crippen LogP contribution in [0.4, 0.5) is 14.5 Å². The number of halogens is 2. The van der Waals surface area contributed by atoms with Gasteiger partial charge in [-0.3, -0.25) is 14.9 Å². The molecule has 0 fully saturated rings. The highest BCUT2D eigenvalue weighted by molar-refractivity contribution is 7.89. The highest BCUT2D eigenvalue weighted by atomic mass is 32.2. The Morgan fingerprint density at radius 1 is 1.26 bits per heavy atom. The lowest BCUT2D eigenvalue weighted by Crippen LogP contribution is -2.54. The number of benzene rings is 1. The molecular formula is C12H15F2N3O5S. The number of nitrogens with one attached hydrogen (secondary N) is 1. The SMILES string of the molecule is CN(C)C(=O)C(C)(C)NS(=O)(=O)c1c(F)cc([N+](=O)[O-])cc1F. The van der Waals surface area contributed by atoms with Gasteiger partial charge in [0.25, 0.3) is 5.69 Å². The quantitative estimate of drug-likeness (QED) is 0.629. The summed E-state index contributed by atoms with van der Waals surface area (Å²) in [7, 11) is -2.01. The first-order chi connectivity index (χ1) is 10.3. The molecule has 0 bridgehead atoms. The van der Waals surface area contributed by atoms with Gasteiger partial charge in [0.05, 0.1) is 17.1 Å². The Morgan fingerprint density at radius 3 is 2.04 bits per heavy atom. The van der Waals surface area contributed by atoms with E-state index in [0.29, 0.717) is 12.1 Å². The van der Waals surface area contributed by atoms with Gasteiger partial charge in [-0.25, -0.2) is 17.2 Å². The number of nitrogens with zero attached hydrogens (tertiary/aromatic N) is 2. The van der Waals surface area contributed by atoms with E-state index in [0.717, 1.165) is 4.90 Å². The predicted octanol–water partition coefficient (Wildman–Crippen LogP) is 1.02. The third kappa shape index (κ3) is 3.99. The molecule has 0 aromatic heterocycles. The van der Waals surface area contributed by atoms with Crippen molar-refractivity contribution in [2.24, 2.45) is 0 Å². The molecular weight excluding hydrogens is 336 g/mol. The van der Waals surface area contributed by atoms with Crippen LogP contribution >= 0.6 is 0 Å². The zero-order valence-corrected chi connectivity index (χ0v) is 13.6. The van der Waals surface area contributed by atoms with Crippen molar-refractivity contribution >= 4 is 21.6 Å². The van der Waals surface area contributed by atoms with E-state index >= 15 is 0 Å². The Hall–Kier alpha value is -2.14. The molecule has 128 valence electrons.